The average molecular weight is 331 g/mol. The smallest absolute Gasteiger partial charge is 0.356 e. The second-order valence-corrected chi connectivity index (χ2v) is 4.74. The maximum atomic E-state index is 14.2. The molecule has 22 heavy (non-hydrogen) atoms. The van der Waals surface area contributed by atoms with Crippen LogP contribution in [0.25, 0.3) is 11.3 Å². The summed E-state index contributed by atoms with van der Waals surface area (Å²) >= 11 is 5.63. The molecule has 0 radical (unpaired) electrons. The number of nitrogens with zero attached hydrogens (tertiary/aromatic N) is 2. The molecule has 0 atom stereocenters. The third kappa shape index (κ3) is 2.89. The Balaban J connectivity index is 2.71. The molecule has 0 aliphatic carbocycles. The van der Waals surface area contributed by atoms with Crippen molar-refractivity contribution in [3.05, 3.63) is 46.1 Å². The number of hydrogen-bond donors (Lipinski definition) is 1. The quantitative estimate of drug-likeness (QED) is 0.915. The van der Waals surface area contributed by atoms with Gasteiger partial charge in [0.2, 0.25) is 0 Å². The van der Waals surface area contributed by atoms with Gasteiger partial charge in [-0.05, 0) is 12.5 Å². The van der Waals surface area contributed by atoms with Crippen LogP contribution >= 0.6 is 11.6 Å². The van der Waals surface area contributed by atoms with Crippen LogP contribution in [-0.2, 0) is 6.42 Å². The van der Waals surface area contributed by atoms with Crippen LogP contribution in [-0.4, -0.2) is 21.0 Å². The highest BCUT2D eigenvalue weighted by molar-refractivity contribution is 6.31. The number of carboxylic acid groups (broad SMARTS) is 1. The molecule has 0 saturated heterocycles. The second-order valence-electron chi connectivity index (χ2n) is 4.34. The zero-order valence-corrected chi connectivity index (χ0v) is 12.0. The summed E-state index contributed by atoms with van der Waals surface area (Å²) in [6.45, 7) is 1.63. The first kappa shape index (κ1) is 16.2. The molecule has 1 N–H and O–H groups in total. The van der Waals surface area contributed by atoms with Crippen molar-refractivity contribution in [3.63, 3.8) is 0 Å². The number of alkyl halides is 2. The fraction of sp³-hybridized carbons (Fsp3) is 0.214. The van der Waals surface area contributed by atoms with E-state index < -0.39 is 29.3 Å². The molecular formula is C14H10ClF3N2O2. The SMILES string of the molecule is CCc1nc(-c2c(C(F)F)ccc(Cl)c2F)cnc1C(=O)O. The van der Waals surface area contributed by atoms with Gasteiger partial charge in [0.1, 0.15) is 0 Å². The Labute approximate surface area is 128 Å². The first-order chi connectivity index (χ1) is 10.4. The number of rotatable bonds is 4. The Morgan fingerprint density at radius 1 is 1.41 bits per heavy atom. The molecular weight excluding hydrogens is 321 g/mol. The molecule has 0 fully saturated rings. The second kappa shape index (κ2) is 6.31. The normalized spacial score (nSPS) is 11.0. The van der Waals surface area contributed by atoms with E-state index in [1.54, 1.807) is 6.92 Å². The van der Waals surface area contributed by atoms with Crippen LogP contribution in [0.5, 0.6) is 0 Å². The molecule has 0 aliphatic rings. The predicted octanol–water partition coefficient (Wildman–Crippen LogP) is 4.13. The van der Waals surface area contributed by atoms with E-state index in [1.807, 2.05) is 0 Å². The van der Waals surface area contributed by atoms with E-state index in [4.69, 9.17) is 16.7 Å². The van der Waals surface area contributed by atoms with E-state index in [2.05, 4.69) is 9.97 Å². The fourth-order valence-electron chi connectivity index (χ4n) is 1.98. The van der Waals surface area contributed by atoms with Gasteiger partial charge in [0.15, 0.2) is 11.5 Å². The summed E-state index contributed by atoms with van der Waals surface area (Å²) in [5, 5.41) is 8.65. The van der Waals surface area contributed by atoms with Crippen molar-refractivity contribution in [3.8, 4) is 11.3 Å². The molecule has 116 valence electrons. The predicted molar refractivity (Wildman–Crippen MR) is 73.7 cm³/mol. The van der Waals surface area contributed by atoms with Crippen LogP contribution < -0.4 is 0 Å². The molecule has 1 aromatic heterocycles. The van der Waals surface area contributed by atoms with Gasteiger partial charge in [0.05, 0.1) is 22.6 Å². The van der Waals surface area contributed by atoms with E-state index in [0.29, 0.717) is 0 Å². The van der Waals surface area contributed by atoms with Gasteiger partial charge in [0, 0.05) is 11.1 Å². The van der Waals surface area contributed by atoms with Crippen molar-refractivity contribution >= 4 is 17.6 Å². The van der Waals surface area contributed by atoms with Crippen LogP contribution in [0.2, 0.25) is 5.02 Å². The Kier molecular flexibility index (Phi) is 4.65. The molecule has 2 aromatic rings. The van der Waals surface area contributed by atoms with Crippen LogP contribution in [0.15, 0.2) is 18.3 Å². The lowest BCUT2D eigenvalue weighted by molar-refractivity contribution is 0.0688. The number of aromatic nitrogens is 2. The molecule has 4 nitrogen and oxygen atoms in total. The molecule has 0 saturated carbocycles. The third-order valence-electron chi connectivity index (χ3n) is 3.00. The van der Waals surface area contributed by atoms with Crippen molar-refractivity contribution in [2.45, 2.75) is 19.8 Å². The summed E-state index contributed by atoms with van der Waals surface area (Å²) in [6.07, 6.45) is -1.79. The molecule has 8 heteroatoms. The van der Waals surface area contributed by atoms with Crippen molar-refractivity contribution in [2.24, 2.45) is 0 Å². The summed E-state index contributed by atoms with van der Waals surface area (Å²) in [7, 11) is 0. The van der Waals surface area contributed by atoms with Crippen molar-refractivity contribution < 1.29 is 23.1 Å². The molecule has 0 unspecified atom stereocenters. The van der Waals surface area contributed by atoms with E-state index in [1.165, 1.54) is 0 Å². The standard InChI is InChI=1S/C14H10ClF3N2O2/c1-2-8-12(14(21)22)19-5-9(20-8)10-6(13(17)18)3-4-7(15)11(10)16/h3-5,13H,2H2,1H3,(H,21,22). The van der Waals surface area contributed by atoms with Crippen LogP contribution in [0.3, 0.4) is 0 Å². The summed E-state index contributed by atoms with van der Waals surface area (Å²) in [4.78, 5) is 18.6. The van der Waals surface area contributed by atoms with Crippen LogP contribution in [0.1, 0.15) is 35.1 Å². The monoisotopic (exact) mass is 330 g/mol. The van der Waals surface area contributed by atoms with E-state index in [9.17, 15) is 18.0 Å². The first-order valence-corrected chi connectivity index (χ1v) is 6.60. The first-order valence-electron chi connectivity index (χ1n) is 6.22. The van der Waals surface area contributed by atoms with Gasteiger partial charge < -0.3 is 5.11 Å². The fourth-order valence-corrected chi connectivity index (χ4v) is 2.14. The lowest BCUT2D eigenvalue weighted by atomic mass is 10.0. The highest BCUT2D eigenvalue weighted by Crippen LogP contribution is 2.35. The number of halogens is 4. The van der Waals surface area contributed by atoms with Gasteiger partial charge in [-0.3, -0.25) is 0 Å². The van der Waals surface area contributed by atoms with E-state index in [0.717, 1.165) is 18.3 Å². The number of benzene rings is 1. The minimum absolute atomic E-state index is 0.0737. The summed E-state index contributed by atoms with van der Waals surface area (Å²) in [6, 6.07) is 2.03. The summed E-state index contributed by atoms with van der Waals surface area (Å²) in [5.41, 5.74) is -1.46. The number of carbonyl (C=O) groups is 1. The summed E-state index contributed by atoms with van der Waals surface area (Å²) < 4.78 is 40.3. The summed E-state index contributed by atoms with van der Waals surface area (Å²) in [5.74, 6) is -2.34. The highest BCUT2D eigenvalue weighted by Gasteiger charge is 2.23. The largest absolute Gasteiger partial charge is 0.476 e. The number of carboxylic acids is 1. The molecule has 1 aromatic carbocycles. The number of hydrogen-bond acceptors (Lipinski definition) is 3. The average Bonchev–Trinajstić information content (AvgIpc) is 2.48. The van der Waals surface area contributed by atoms with Gasteiger partial charge in [-0.1, -0.05) is 24.6 Å². The van der Waals surface area contributed by atoms with E-state index >= 15 is 0 Å². The van der Waals surface area contributed by atoms with Crippen molar-refractivity contribution in [2.75, 3.05) is 0 Å². The highest BCUT2D eigenvalue weighted by atomic mass is 35.5. The minimum atomic E-state index is -2.94. The lowest BCUT2D eigenvalue weighted by Crippen LogP contribution is -2.09. The van der Waals surface area contributed by atoms with E-state index in [-0.39, 0.29) is 28.5 Å². The Hall–Kier alpha value is -2.15. The molecule has 0 bridgehead atoms. The minimum Gasteiger partial charge on any atom is -0.476 e. The molecule has 1 heterocycles. The molecule has 0 amide bonds. The van der Waals surface area contributed by atoms with Gasteiger partial charge >= 0.3 is 5.97 Å². The van der Waals surface area contributed by atoms with Crippen molar-refractivity contribution in [1.82, 2.24) is 9.97 Å². The zero-order chi connectivity index (χ0) is 16.4. The number of aryl methyl sites for hydroxylation is 1. The van der Waals surface area contributed by atoms with Crippen LogP contribution in [0, 0.1) is 5.82 Å². The van der Waals surface area contributed by atoms with Crippen molar-refractivity contribution in [1.29, 1.82) is 0 Å². The molecule has 0 aliphatic heterocycles. The Morgan fingerprint density at radius 3 is 2.64 bits per heavy atom. The zero-order valence-electron chi connectivity index (χ0n) is 11.3. The van der Waals surface area contributed by atoms with Gasteiger partial charge in [-0.2, -0.15) is 0 Å². The van der Waals surface area contributed by atoms with Crippen LogP contribution in [0.4, 0.5) is 13.2 Å². The topological polar surface area (TPSA) is 63.1 Å². The van der Waals surface area contributed by atoms with Gasteiger partial charge in [-0.15, -0.1) is 0 Å². The maximum Gasteiger partial charge on any atom is 0.356 e. The number of aromatic carboxylic acids is 1. The lowest BCUT2D eigenvalue weighted by Gasteiger charge is -2.12. The Morgan fingerprint density at radius 2 is 2.09 bits per heavy atom. The Bertz CT molecular complexity index is 738. The third-order valence-corrected chi connectivity index (χ3v) is 3.29. The van der Waals surface area contributed by atoms with Gasteiger partial charge in [-0.25, -0.2) is 27.9 Å². The maximum absolute atomic E-state index is 14.2. The molecule has 2 rings (SSSR count). The molecule has 0 spiro atoms. The van der Waals surface area contributed by atoms with Gasteiger partial charge in [0.25, 0.3) is 6.43 Å².